The summed E-state index contributed by atoms with van der Waals surface area (Å²) >= 11 is 0. The van der Waals surface area contributed by atoms with Gasteiger partial charge in [0.2, 0.25) is 0 Å². The number of allylic oxidation sites excluding steroid dienone is 1. The number of aryl methyl sites for hydroxylation is 1. The first-order valence-electron chi connectivity index (χ1n) is 7.06. The van der Waals surface area contributed by atoms with Gasteiger partial charge in [0.25, 0.3) is 0 Å². The van der Waals surface area contributed by atoms with Crippen molar-refractivity contribution in [1.29, 1.82) is 0 Å². The van der Waals surface area contributed by atoms with E-state index in [1.807, 2.05) is 0 Å². The van der Waals surface area contributed by atoms with Crippen molar-refractivity contribution in [2.45, 2.75) is 58.8 Å². The highest BCUT2D eigenvalue weighted by atomic mass is 28.4. The lowest BCUT2D eigenvalue weighted by Gasteiger charge is -2.36. The Morgan fingerprint density at radius 3 is 2.57 bits per heavy atom. The predicted octanol–water partition coefficient (Wildman–Crippen LogP) is 3.41. The van der Waals surface area contributed by atoms with Gasteiger partial charge in [-0.05, 0) is 37.6 Å². The van der Waals surface area contributed by atoms with E-state index in [1.165, 1.54) is 6.08 Å². The molecule has 0 N–H and O–H groups in total. The Morgan fingerprint density at radius 1 is 1.48 bits per heavy atom. The van der Waals surface area contributed by atoms with E-state index in [1.54, 1.807) is 6.92 Å². The van der Waals surface area contributed by atoms with E-state index in [9.17, 15) is 9.18 Å². The molecule has 1 rings (SSSR count). The maximum absolute atomic E-state index is 13.8. The van der Waals surface area contributed by atoms with Crippen LogP contribution in [0.3, 0.4) is 0 Å². The van der Waals surface area contributed by atoms with Crippen molar-refractivity contribution in [3.63, 3.8) is 0 Å². The Hall–Kier alpha value is -1.21. The van der Waals surface area contributed by atoms with Crippen LogP contribution in [-0.2, 0) is 11.0 Å². The van der Waals surface area contributed by atoms with Crippen molar-refractivity contribution in [3.8, 4) is 0 Å². The first kappa shape index (κ1) is 17.8. The first-order chi connectivity index (χ1) is 9.54. The van der Waals surface area contributed by atoms with Crippen molar-refractivity contribution in [1.82, 2.24) is 9.72 Å². The van der Waals surface area contributed by atoms with Crippen LogP contribution in [0.1, 0.15) is 33.0 Å². The van der Waals surface area contributed by atoms with Crippen molar-refractivity contribution >= 4 is 8.32 Å². The lowest BCUT2D eigenvalue weighted by atomic mass is 10.2. The molecular weight excluding hydrogens is 291 g/mol. The van der Waals surface area contributed by atoms with Gasteiger partial charge in [0.05, 0.1) is 6.54 Å². The van der Waals surface area contributed by atoms with E-state index in [0.29, 0.717) is 18.9 Å². The molecule has 0 saturated heterocycles. The maximum atomic E-state index is 13.8. The first-order valence-corrected chi connectivity index (χ1v) is 9.97. The largest absolute Gasteiger partial charge is 0.441 e. The molecule has 5 nitrogen and oxygen atoms in total. The summed E-state index contributed by atoms with van der Waals surface area (Å²) in [5.74, 6) is -0.670. The number of aromatic nitrogens is 2. The van der Waals surface area contributed by atoms with Gasteiger partial charge in [0.15, 0.2) is 14.1 Å². The standard InChI is InChI=1S/C14H25FN2O3Si/c1-11-16-20-13(18)17(11)10-12(15)8-7-9-19-21(5,6)14(2,3)4/h8H,7,9-10H2,1-6H3/b12-8-. The zero-order chi connectivity index (χ0) is 16.3. The normalized spacial score (nSPS) is 13.8. The Morgan fingerprint density at radius 2 is 2.10 bits per heavy atom. The van der Waals surface area contributed by atoms with E-state index in [0.717, 1.165) is 4.57 Å². The zero-order valence-electron chi connectivity index (χ0n) is 13.7. The van der Waals surface area contributed by atoms with Gasteiger partial charge in [0, 0.05) is 6.61 Å². The van der Waals surface area contributed by atoms with E-state index in [4.69, 9.17) is 4.43 Å². The molecular formula is C14H25FN2O3Si. The molecule has 1 heterocycles. The van der Waals surface area contributed by atoms with Crippen molar-refractivity contribution in [3.05, 3.63) is 28.3 Å². The monoisotopic (exact) mass is 316 g/mol. The summed E-state index contributed by atoms with van der Waals surface area (Å²) in [5, 5.41) is 3.63. The quantitative estimate of drug-likeness (QED) is 0.596. The second-order valence-corrected chi connectivity index (χ2v) is 11.4. The number of halogens is 1. The van der Waals surface area contributed by atoms with Crippen LogP contribution in [0.15, 0.2) is 21.2 Å². The highest BCUT2D eigenvalue weighted by Gasteiger charge is 2.36. The van der Waals surface area contributed by atoms with Crippen LogP contribution in [0.4, 0.5) is 4.39 Å². The molecule has 0 unspecified atom stereocenters. The van der Waals surface area contributed by atoms with Crippen LogP contribution in [0, 0.1) is 6.92 Å². The van der Waals surface area contributed by atoms with Crippen LogP contribution < -0.4 is 5.76 Å². The van der Waals surface area contributed by atoms with Crippen molar-refractivity contribution in [2.75, 3.05) is 6.61 Å². The van der Waals surface area contributed by atoms with E-state index in [2.05, 4.69) is 43.5 Å². The molecule has 0 atom stereocenters. The average Bonchev–Trinajstić information content (AvgIpc) is 2.65. The van der Waals surface area contributed by atoms with Crippen molar-refractivity contribution < 1.29 is 13.3 Å². The SMILES string of the molecule is Cc1noc(=O)n1C/C(F)=C/CCO[Si](C)(C)C(C)(C)C. The van der Waals surface area contributed by atoms with Crippen LogP contribution >= 0.6 is 0 Å². The summed E-state index contributed by atoms with van der Waals surface area (Å²) in [6, 6.07) is 0. The number of nitrogens with zero attached hydrogens (tertiary/aromatic N) is 2. The van der Waals surface area contributed by atoms with Gasteiger partial charge in [-0.1, -0.05) is 25.9 Å². The van der Waals surface area contributed by atoms with Gasteiger partial charge < -0.3 is 4.43 Å². The molecule has 0 bridgehead atoms. The molecule has 0 saturated carbocycles. The van der Waals surface area contributed by atoms with Crippen molar-refractivity contribution in [2.24, 2.45) is 0 Å². The fourth-order valence-electron chi connectivity index (χ4n) is 1.48. The highest BCUT2D eigenvalue weighted by Crippen LogP contribution is 2.36. The Bertz CT molecular complexity index is 555. The molecule has 0 radical (unpaired) electrons. The summed E-state index contributed by atoms with van der Waals surface area (Å²) in [6.07, 6.45) is 1.93. The molecule has 0 spiro atoms. The average molecular weight is 316 g/mol. The smallest absolute Gasteiger partial charge is 0.417 e. The molecule has 7 heteroatoms. The molecule has 1 aromatic rings. The molecule has 0 aromatic carbocycles. The lowest BCUT2D eigenvalue weighted by Crippen LogP contribution is -2.40. The molecule has 0 aliphatic carbocycles. The Balaban J connectivity index is 2.49. The maximum Gasteiger partial charge on any atom is 0.441 e. The second kappa shape index (κ2) is 6.70. The third kappa shape index (κ3) is 4.92. The minimum Gasteiger partial charge on any atom is -0.417 e. The zero-order valence-corrected chi connectivity index (χ0v) is 14.7. The number of hydrogen-bond donors (Lipinski definition) is 0. The summed E-state index contributed by atoms with van der Waals surface area (Å²) in [6.45, 7) is 12.7. The van der Waals surface area contributed by atoms with Crippen LogP contribution in [-0.4, -0.2) is 24.6 Å². The number of rotatable bonds is 6. The van der Waals surface area contributed by atoms with E-state index in [-0.39, 0.29) is 17.4 Å². The number of hydrogen-bond acceptors (Lipinski definition) is 4. The van der Waals surface area contributed by atoms with E-state index >= 15 is 0 Å². The topological polar surface area (TPSA) is 57.3 Å². The van der Waals surface area contributed by atoms with Gasteiger partial charge in [-0.3, -0.25) is 9.09 Å². The highest BCUT2D eigenvalue weighted by molar-refractivity contribution is 6.74. The van der Waals surface area contributed by atoms with Gasteiger partial charge >= 0.3 is 5.76 Å². The third-order valence-electron chi connectivity index (χ3n) is 3.93. The summed E-state index contributed by atoms with van der Waals surface area (Å²) in [4.78, 5) is 11.3. The second-order valence-electron chi connectivity index (χ2n) is 6.63. The summed E-state index contributed by atoms with van der Waals surface area (Å²) < 4.78 is 25.3. The molecule has 0 fully saturated rings. The van der Waals surface area contributed by atoms with Gasteiger partial charge in [-0.15, -0.1) is 0 Å². The minimum absolute atomic E-state index is 0.141. The van der Waals surface area contributed by atoms with Crippen LogP contribution in [0.25, 0.3) is 0 Å². The molecule has 0 amide bonds. The molecule has 0 aliphatic rings. The van der Waals surface area contributed by atoms with Gasteiger partial charge in [-0.2, -0.15) is 0 Å². The van der Waals surface area contributed by atoms with Crippen LogP contribution in [0.2, 0.25) is 18.1 Å². The van der Waals surface area contributed by atoms with Crippen LogP contribution in [0.5, 0.6) is 0 Å². The molecule has 120 valence electrons. The Labute approximate surface area is 125 Å². The molecule has 21 heavy (non-hydrogen) atoms. The molecule has 1 aromatic heterocycles. The molecule has 0 aliphatic heterocycles. The lowest BCUT2D eigenvalue weighted by molar-refractivity contribution is 0.293. The van der Waals surface area contributed by atoms with Gasteiger partial charge in [-0.25, -0.2) is 9.18 Å². The van der Waals surface area contributed by atoms with Gasteiger partial charge in [0.1, 0.15) is 5.83 Å². The fourth-order valence-corrected chi connectivity index (χ4v) is 2.54. The fraction of sp³-hybridized carbons (Fsp3) is 0.714. The minimum atomic E-state index is -1.79. The third-order valence-corrected chi connectivity index (χ3v) is 8.47. The predicted molar refractivity (Wildman–Crippen MR) is 82.5 cm³/mol. The van der Waals surface area contributed by atoms with E-state index < -0.39 is 14.1 Å². The Kier molecular flexibility index (Phi) is 5.69. The summed E-state index contributed by atoms with van der Waals surface area (Å²) in [7, 11) is -1.79. The summed E-state index contributed by atoms with van der Waals surface area (Å²) in [5.41, 5.74) is 0.